The van der Waals surface area contributed by atoms with Gasteiger partial charge >= 0.3 is 0 Å². The molecule has 2 aromatic carbocycles. The first-order valence-corrected chi connectivity index (χ1v) is 11.9. The Bertz CT molecular complexity index is 1080. The lowest BCUT2D eigenvalue weighted by atomic mass is 9.89. The molecule has 32 heavy (non-hydrogen) atoms. The van der Waals surface area contributed by atoms with E-state index in [2.05, 4.69) is 6.07 Å². The van der Waals surface area contributed by atoms with Crippen molar-refractivity contribution in [1.82, 2.24) is 9.79 Å². The summed E-state index contributed by atoms with van der Waals surface area (Å²) >= 11 is 0. The first-order chi connectivity index (χ1) is 15.1. The Morgan fingerprint density at radius 2 is 1.78 bits per heavy atom. The molecule has 1 heterocycles. The monoisotopic (exact) mass is 462 g/mol. The quantitative estimate of drug-likeness (QED) is 0.484. The topological polar surface area (TPSA) is 105 Å². The van der Waals surface area contributed by atoms with Crippen molar-refractivity contribution >= 4 is 15.9 Å². The lowest BCUT2D eigenvalue weighted by Gasteiger charge is -2.36. The average Bonchev–Trinajstić information content (AvgIpc) is 2.82. The molecule has 0 spiro atoms. The van der Waals surface area contributed by atoms with Crippen LogP contribution in [0.25, 0.3) is 11.1 Å². The molecule has 0 radical (unpaired) electrons. The second-order valence-electron chi connectivity index (χ2n) is 8.32. The number of sulfonamides is 1. The van der Waals surface area contributed by atoms with Crippen molar-refractivity contribution < 1.29 is 27.9 Å². The van der Waals surface area contributed by atoms with E-state index in [1.807, 2.05) is 36.4 Å². The predicted octanol–water partition coefficient (Wildman–Crippen LogP) is 3.16. The molecular weight excluding hydrogens is 432 g/mol. The van der Waals surface area contributed by atoms with Crippen molar-refractivity contribution in [3.63, 3.8) is 0 Å². The molecule has 1 aliphatic heterocycles. The van der Waals surface area contributed by atoms with E-state index in [1.54, 1.807) is 14.2 Å². The average molecular weight is 463 g/mol. The Morgan fingerprint density at radius 1 is 1.09 bits per heavy atom. The molecule has 9 heteroatoms. The first kappa shape index (κ1) is 24.0. The molecule has 1 aliphatic rings. The van der Waals surface area contributed by atoms with Gasteiger partial charge in [0.25, 0.3) is 5.91 Å². The van der Waals surface area contributed by atoms with Gasteiger partial charge in [0.1, 0.15) is 11.5 Å². The van der Waals surface area contributed by atoms with Crippen LogP contribution in [-0.4, -0.2) is 55.9 Å². The lowest BCUT2D eigenvalue weighted by molar-refractivity contribution is -0.131. The summed E-state index contributed by atoms with van der Waals surface area (Å²) in [6.07, 6.45) is 1.25. The summed E-state index contributed by atoms with van der Waals surface area (Å²) in [5.41, 5.74) is 4.47. The number of nitrogens with zero attached hydrogens (tertiary/aromatic N) is 1. The first-order valence-electron chi connectivity index (χ1n) is 10.4. The number of carbonyl (C=O) groups excluding carboxylic acids is 1. The van der Waals surface area contributed by atoms with Crippen molar-refractivity contribution in [1.29, 1.82) is 0 Å². The van der Waals surface area contributed by atoms with Gasteiger partial charge in [-0.2, -0.15) is 0 Å². The van der Waals surface area contributed by atoms with Gasteiger partial charge in [-0.1, -0.05) is 24.3 Å². The van der Waals surface area contributed by atoms with Crippen molar-refractivity contribution in [2.75, 3.05) is 27.3 Å². The highest BCUT2D eigenvalue weighted by molar-refractivity contribution is 7.91. The number of methoxy groups -OCH3 is 2. The van der Waals surface area contributed by atoms with Crippen LogP contribution in [0.1, 0.15) is 38.2 Å². The standard InChI is InChI=1S/C23H30N2O6S/c1-23(2,22(26)24-27)32(28,29)25-12-10-16(11-13-25)17-8-9-20(21(15-17)31-4)18-6-5-7-19(14-18)30-3/h5-9,14-16,27H,10-13H2,1-4H3,(H,24,26). The third-order valence-corrected chi connectivity index (χ3v) is 8.68. The predicted molar refractivity (Wildman–Crippen MR) is 121 cm³/mol. The van der Waals surface area contributed by atoms with Gasteiger partial charge < -0.3 is 9.47 Å². The van der Waals surface area contributed by atoms with E-state index >= 15 is 0 Å². The Kier molecular flexibility index (Phi) is 7.12. The summed E-state index contributed by atoms with van der Waals surface area (Å²) in [5, 5.41) is 8.90. The zero-order valence-electron chi connectivity index (χ0n) is 18.8. The molecule has 0 unspecified atom stereocenters. The zero-order chi connectivity index (χ0) is 23.5. The summed E-state index contributed by atoms with van der Waals surface area (Å²) in [4.78, 5) is 11.9. The minimum absolute atomic E-state index is 0.171. The fraction of sp³-hybridized carbons (Fsp3) is 0.435. The van der Waals surface area contributed by atoms with E-state index in [-0.39, 0.29) is 5.92 Å². The summed E-state index contributed by atoms with van der Waals surface area (Å²) in [6, 6.07) is 13.8. The summed E-state index contributed by atoms with van der Waals surface area (Å²) in [7, 11) is -0.656. The summed E-state index contributed by atoms with van der Waals surface area (Å²) in [6.45, 7) is 3.19. The fourth-order valence-corrected chi connectivity index (χ4v) is 5.61. The molecule has 1 saturated heterocycles. The number of hydrogen-bond acceptors (Lipinski definition) is 6. The highest BCUT2D eigenvalue weighted by atomic mass is 32.2. The molecule has 2 aromatic rings. The van der Waals surface area contributed by atoms with Gasteiger partial charge in [0.2, 0.25) is 10.0 Å². The summed E-state index contributed by atoms with van der Waals surface area (Å²) < 4.78 is 36.4. The number of nitrogens with one attached hydrogen (secondary N) is 1. The van der Waals surface area contributed by atoms with Gasteiger partial charge in [0.15, 0.2) is 4.75 Å². The Hall–Kier alpha value is -2.62. The summed E-state index contributed by atoms with van der Waals surface area (Å²) in [5.74, 6) is 0.730. The maximum Gasteiger partial charge on any atom is 0.265 e. The molecule has 1 fully saturated rings. The zero-order valence-corrected chi connectivity index (χ0v) is 19.6. The second kappa shape index (κ2) is 9.48. The molecule has 1 amide bonds. The second-order valence-corrected chi connectivity index (χ2v) is 10.8. The smallest absolute Gasteiger partial charge is 0.265 e. The number of rotatable bonds is 7. The van der Waals surface area contributed by atoms with E-state index in [0.29, 0.717) is 25.9 Å². The van der Waals surface area contributed by atoms with Crippen LogP contribution in [0.15, 0.2) is 42.5 Å². The van der Waals surface area contributed by atoms with Gasteiger partial charge in [-0.15, -0.1) is 0 Å². The number of hydrogen-bond donors (Lipinski definition) is 2. The minimum Gasteiger partial charge on any atom is -0.497 e. The van der Waals surface area contributed by atoms with E-state index in [1.165, 1.54) is 23.6 Å². The molecule has 174 valence electrons. The Morgan fingerprint density at radius 3 is 2.38 bits per heavy atom. The number of amides is 1. The lowest BCUT2D eigenvalue weighted by Crippen LogP contribution is -2.54. The van der Waals surface area contributed by atoms with Crippen molar-refractivity contribution in [2.24, 2.45) is 0 Å². The molecule has 3 rings (SSSR count). The van der Waals surface area contributed by atoms with Crippen LogP contribution in [-0.2, 0) is 14.8 Å². The molecule has 0 aromatic heterocycles. The van der Waals surface area contributed by atoms with Crippen LogP contribution in [0.3, 0.4) is 0 Å². The molecule has 2 N–H and O–H groups in total. The van der Waals surface area contributed by atoms with Gasteiger partial charge in [-0.25, -0.2) is 18.2 Å². The number of benzene rings is 2. The van der Waals surface area contributed by atoms with Crippen LogP contribution in [0.5, 0.6) is 11.5 Å². The molecule has 0 atom stereocenters. The van der Waals surface area contributed by atoms with Crippen LogP contribution < -0.4 is 15.0 Å². The maximum absolute atomic E-state index is 12.9. The van der Waals surface area contributed by atoms with Crippen LogP contribution in [0.4, 0.5) is 0 Å². The molecule has 0 aliphatic carbocycles. The van der Waals surface area contributed by atoms with Gasteiger partial charge in [-0.3, -0.25) is 10.0 Å². The number of hydroxylamine groups is 1. The fourth-order valence-electron chi connectivity index (χ4n) is 3.99. The van der Waals surface area contributed by atoms with Gasteiger partial charge in [0.05, 0.1) is 14.2 Å². The molecular formula is C23H30N2O6S. The van der Waals surface area contributed by atoms with Gasteiger partial charge in [-0.05, 0) is 61.9 Å². The SMILES string of the molecule is COc1cccc(-c2ccc(C3CCN(S(=O)(=O)C(C)(C)C(=O)NO)CC3)cc2OC)c1. The van der Waals surface area contributed by atoms with Crippen LogP contribution in [0, 0.1) is 0 Å². The van der Waals surface area contributed by atoms with E-state index in [0.717, 1.165) is 28.2 Å². The van der Waals surface area contributed by atoms with Crippen molar-refractivity contribution in [3.05, 3.63) is 48.0 Å². The van der Waals surface area contributed by atoms with E-state index in [9.17, 15) is 13.2 Å². The third-order valence-electron chi connectivity index (χ3n) is 6.16. The Labute approximate surface area is 189 Å². The minimum atomic E-state index is -3.92. The largest absolute Gasteiger partial charge is 0.497 e. The maximum atomic E-state index is 12.9. The van der Waals surface area contributed by atoms with Crippen molar-refractivity contribution in [3.8, 4) is 22.6 Å². The van der Waals surface area contributed by atoms with Gasteiger partial charge in [0, 0.05) is 18.7 Å². The van der Waals surface area contributed by atoms with E-state index < -0.39 is 20.7 Å². The van der Waals surface area contributed by atoms with E-state index in [4.69, 9.17) is 14.7 Å². The van der Waals surface area contributed by atoms with Crippen molar-refractivity contribution in [2.45, 2.75) is 37.4 Å². The molecule has 0 bridgehead atoms. The van der Waals surface area contributed by atoms with Crippen LogP contribution in [0.2, 0.25) is 0 Å². The highest BCUT2D eigenvalue weighted by Gasteiger charge is 2.46. The molecule has 0 saturated carbocycles. The Balaban J connectivity index is 1.78. The normalized spacial score (nSPS) is 15.9. The highest BCUT2D eigenvalue weighted by Crippen LogP contribution is 2.38. The number of piperidine rings is 1. The third kappa shape index (κ3) is 4.46. The molecule has 8 nitrogen and oxygen atoms in total. The van der Waals surface area contributed by atoms with Crippen LogP contribution >= 0.6 is 0 Å². The number of ether oxygens (including phenoxy) is 2. The number of carbonyl (C=O) groups is 1.